The zero-order valence-electron chi connectivity index (χ0n) is 15.0. The lowest BCUT2D eigenvalue weighted by molar-refractivity contribution is -0.117. The fourth-order valence-electron chi connectivity index (χ4n) is 3.02. The van der Waals surface area contributed by atoms with Crippen molar-refractivity contribution in [2.45, 2.75) is 45.9 Å². The van der Waals surface area contributed by atoms with Crippen LogP contribution in [0, 0.1) is 0 Å². The highest BCUT2D eigenvalue weighted by atomic mass is 16.5. The van der Waals surface area contributed by atoms with Gasteiger partial charge in [0.05, 0.1) is 6.10 Å². The molecule has 0 atom stereocenters. The van der Waals surface area contributed by atoms with E-state index < -0.39 is 0 Å². The number of nitrogens with zero attached hydrogens (tertiary/aromatic N) is 1. The van der Waals surface area contributed by atoms with Crippen LogP contribution >= 0.6 is 0 Å². The maximum Gasteiger partial charge on any atom is 0.227 e. The van der Waals surface area contributed by atoms with Gasteiger partial charge in [-0.2, -0.15) is 0 Å². The van der Waals surface area contributed by atoms with Gasteiger partial charge in [0, 0.05) is 31.7 Å². The van der Waals surface area contributed by atoms with Gasteiger partial charge in [0.25, 0.3) is 0 Å². The fourth-order valence-corrected chi connectivity index (χ4v) is 3.02. The molecule has 1 amide bonds. The van der Waals surface area contributed by atoms with E-state index in [4.69, 9.17) is 4.74 Å². The van der Waals surface area contributed by atoms with Crippen molar-refractivity contribution in [2.75, 3.05) is 11.4 Å². The van der Waals surface area contributed by atoms with Crippen molar-refractivity contribution in [3.8, 4) is 5.75 Å². The number of carbonyl (C=O) groups is 1. The van der Waals surface area contributed by atoms with E-state index in [9.17, 15) is 4.79 Å². The molecule has 4 nitrogen and oxygen atoms in total. The van der Waals surface area contributed by atoms with Crippen molar-refractivity contribution < 1.29 is 9.53 Å². The van der Waals surface area contributed by atoms with E-state index in [0.717, 1.165) is 37.5 Å². The van der Waals surface area contributed by atoms with Crippen molar-refractivity contribution in [3.63, 3.8) is 0 Å². The molecule has 0 aliphatic carbocycles. The largest absolute Gasteiger partial charge is 0.491 e. The van der Waals surface area contributed by atoms with Crippen LogP contribution in [0.3, 0.4) is 0 Å². The van der Waals surface area contributed by atoms with Crippen LogP contribution < -0.4 is 15.0 Å². The summed E-state index contributed by atoms with van der Waals surface area (Å²) in [5.41, 5.74) is 3.46. The van der Waals surface area contributed by atoms with Crippen LogP contribution in [0.15, 0.2) is 48.5 Å². The Bertz CT molecular complexity index is 693. The van der Waals surface area contributed by atoms with Crippen LogP contribution in [0.4, 0.5) is 5.69 Å². The Morgan fingerprint density at radius 1 is 1.00 bits per heavy atom. The average molecular weight is 338 g/mol. The van der Waals surface area contributed by atoms with Crippen LogP contribution in [-0.4, -0.2) is 18.6 Å². The number of hydrogen-bond donors (Lipinski definition) is 1. The van der Waals surface area contributed by atoms with Crippen molar-refractivity contribution in [1.82, 2.24) is 5.32 Å². The predicted molar refractivity (Wildman–Crippen MR) is 101 cm³/mol. The van der Waals surface area contributed by atoms with Gasteiger partial charge >= 0.3 is 0 Å². The van der Waals surface area contributed by atoms with Gasteiger partial charge in [0.2, 0.25) is 5.91 Å². The van der Waals surface area contributed by atoms with E-state index in [1.807, 2.05) is 43.0 Å². The second-order valence-electron chi connectivity index (χ2n) is 6.73. The van der Waals surface area contributed by atoms with Gasteiger partial charge in [-0.1, -0.05) is 24.3 Å². The number of hydrogen-bond acceptors (Lipinski definition) is 3. The second-order valence-corrected chi connectivity index (χ2v) is 6.73. The third-order valence-electron chi connectivity index (χ3n) is 4.27. The molecular weight excluding hydrogens is 312 g/mol. The molecule has 3 rings (SSSR count). The lowest BCUT2D eigenvalue weighted by atomic mass is 10.1. The molecule has 1 fully saturated rings. The molecule has 0 spiro atoms. The van der Waals surface area contributed by atoms with Gasteiger partial charge < -0.3 is 15.0 Å². The Labute approximate surface area is 149 Å². The summed E-state index contributed by atoms with van der Waals surface area (Å²) in [5, 5.41) is 3.45. The number of nitrogens with one attached hydrogen (secondary N) is 1. The van der Waals surface area contributed by atoms with E-state index in [0.29, 0.717) is 6.42 Å². The number of benzene rings is 2. The third kappa shape index (κ3) is 4.83. The lowest BCUT2D eigenvalue weighted by Gasteiger charge is -2.16. The number of amides is 1. The third-order valence-corrected chi connectivity index (χ3v) is 4.27. The smallest absolute Gasteiger partial charge is 0.227 e. The zero-order chi connectivity index (χ0) is 17.6. The zero-order valence-corrected chi connectivity index (χ0v) is 15.0. The summed E-state index contributed by atoms with van der Waals surface area (Å²) in [6.45, 7) is 6.51. The quantitative estimate of drug-likeness (QED) is 0.833. The van der Waals surface area contributed by atoms with Gasteiger partial charge in [-0.3, -0.25) is 4.79 Å². The Hall–Kier alpha value is -2.33. The Balaban J connectivity index is 1.48. The van der Waals surface area contributed by atoms with Crippen molar-refractivity contribution in [3.05, 3.63) is 59.7 Å². The van der Waals surface area contributed by atoms with Crippen LogP contribution in [0.2, 0.25) is 0 Å². The molecule has 0 radical (unpaired) electrons. The molecule has 4 heteroatoms. The first-order chi connectivity index (χ1) is 12.1. The summed E-state index contributed by atoms with van der Waals surface area (Å²) in [6, 6.07) is 16.5. The number of rotatable bonds is 7. The SMILES string of the molecule is CC(C)Oc1ccc(CNCc2ccc(N3CCCC3=O)cc2)cc1. The van der Waals surface area contributed by atoms with Crippen molar-refractivity contribution in [2.24, 2.45) is 0 Å². The molecule has 0 bridgehead atoms. The van der Waals surface area contributed by atoms with E-state index in [1.54, 1.807) is 0 Å². The highest BCUT2D eigenvalue weighted by Crippen LogP contribution is 2.21. The van der Waals surface area contributed by atoms with Crippen LogP contribution in [0.25, 0.3) is 0 Å². The summed E-state index contributed by atoms with van der Waals surface area (Å²) in [7, 11) is 0. The number of anilines is 1. The first-order valence-corrected chi connectivity index (χ1v) is 8.97. The van der Waals surface area contributed by atoms with Crippen LogP contribution in [-0.2, 0) is 17.9 Å². The van der Waals surface area contributed by atoms with Crippen LogP contribution in [0.5, 0.6) is 5.75 Å². The molecule has 0 aromatic heterocycles. The topological polar surface area (TPSA) is 41.6 Å². The minimum Gasteiger partial charge on any atom is -0.491 e. The molecule has 2 aromatic rings. The van der Waals surface area contributed by atoms with Gasteiger partial charge in [0.1, 0.15) is 5.75 Å². The first kappa shape index (κ1) is 17.5. The summed E-state index contributed by atoms with van der Waals surface area (Å²) in [5.74, 6) is 1.14. The summed E-state index contributed by atoms with van der Waals surface area (Å²) in [6.07, 6.45) is 1.83. The van der Waals surface area contributed by atoms with Gasteiger partial charge in [-0.25, -0.2) is 0 Å². The van der Waals surface area contributed by atoms with E-state index in [1.165, 1.54) is 11.1 Å². The second kappa shape index (κ2) is 8.17. The van der Waals surface area contributed by atoms with E-state index >= 15 is 0 Å². The maximum atomic E-state index is 11.8. The summed E-state index contributed by atoms with van der Waals surface area (Å²) < 4.78 is 5.66. The average Bonchev–Trinajstić information content (AvgIpc) is 3.03. The molecule has 0 unspecified atom stereocenters. The first-order valence-electron chi connectivity index (χ1n) is 8.97. The lowest BCUT2D eigenvalue weighted by Crippen LogP contribution is -2.23. The molecule has 1 saturated heterocycles. The van der Waals surface area contributed by atoms with Gasteiger partial charge in [-0.05, 0) is 55.7 Å². The molecule has 1 aliphatic rings. The maximum absolute atomic E-state index is 11.8. The van der Waals surface area contributed by atoms with Gasteiger partial charge in [-0.15, -0.1) is 0 Å². The minimum atomic E-state index is 0.197. The highest BCUT2D eigenvalue weighted by molar-refractivity contribution is 5.95. The molecule has 1 N–H and O–H groups in total. The van der Waals surface area contributed by atoms with Crippen LogP contribution in [0.1, 0.15) is 37.8 Å². The minimum absolute atomic E-state index is 0.197. The van der Waals surface area contributed by atoms with Gasteiger partial charge in [0.15, 0.2) is 0 Å². The van der Waals surface area contributed by atoms with Crippen molar-refractivity contribution in [1.29, 1.82) is 0 Å². The molecule has 132 valence electrons. The monoisotopic (exact) mass is 338 g/mol. The van der Waals surface area contributed by atoms with Crippen molar-refractivity contribution >= 4 is 11.6 Å². The molecule has 1 heterocycles. The van der Waals surface area contributed by atoms with E-state index in [2.05, 4.69) is 29.6 Å². The summed E-state index contributed by atoms with van der Waals surface area (Å²) in [4.78, 5) is 13.6. The Kier molecular flexibility index (Phi) is 5.71. The standard InChI is InChI=1S/C21H26N2O2/c1-16(2)25-20-11-7-18(8-12-20)15-22-14-17-5-9-19(10-6-17)23-13-3-4-21(23)24/h5-12,16,22H,3-4,13-15H2,1-2H3. The van der Waals surface area contributed by atoms with E-state index in [-0.39, 0.29) is 12.0 Å². The Morgan fingerprint density at radius 3 is 2.12 bits per heavy atom. The molecular formula is C21H26N2O2. The predicted octanol–water partition coefficient (Wildman–Crippen LogP) is 3.89. The normalized spacial score (nSPS) is 14.4. The number of carbonyl (C=O) groups excluding carboxylic acids is 1. The highest BCUT2D eigenvalue weighted by Gasteiger charge is 2.21. The number of ether oxygens (including phenoxy) is 1. The molecule has 2 aromatic carbocycles. The fraction of sp³-hybridized carbons (Fsp3) is 0.381. The Morgan fingerprint density at radius 2 is 1.60 bits per heavy atom. The molecule has 1 aliphatic heterocycles. The molecule has 25 heavy (non-hydrogen) atoms. The summed E-state index contributed by atoms with van der Waals surface area (Å²) >= 11 is 0. The molecule has 0 saturated carbocycles.